The van der Waals surface area contributed by atoms with Crippen molar-refractivity contribution in [2.75, 3.05) is 0 Å². The molecule has 0 radical (unpaired) electrons. The second-order valence-corrected chi connectivity index (χ2v) is 7.20. The van der Waals surface area contributed by atoms with E-state index in [1.165, 1.54) is 6.26 Å². The van der Waals surface area contributed by atoms with Crippen molar-refractivity contribution in [3.63, 3.8) is 0 Å². The van der Waals surface area contributed by atoms with Crippen LogP contribution in [0.3, 0.4) is 0 Å². The smallest absolute Gasteiger partial charge is 0.334 e. The van der Waals surface area contributed by atoms with Gasteiger partial charge >= 0.3 is 5.97 Å². The molecular formula is C24H22N2O4. The summed E-state index contributed by atoms with van der Waals surface area (Å²) >= 11 is 0. The molecule has 2 amide bonds. The fraction of sp³-hybridized carbons (Fsp3) is 0.208. The molecule has 0 saturated carbocycles. The molecule has 1 aliphatic heterocycles. The van der Waals surface area contributed by atoms with Gasteiger partial charge in [0, 0.05) is 23.5 Å². The quantitative estimate of drug-likeness (QED) is 0.364. The molecule has 6 nitrogen and oxygen atoms in total. The molecule has 0 fully saturated rings. The Bertz CT molecular complexity index is 1110. The number of carbonyl (C=O) groups is 3. The van der Waals surface area contributed by atoms with Crippen LogP contribution in [0.1, 0.15) is 46.0 Å². The number of hydrogen-bond acceptors (Lipinski definition) is 4. The summed E-state index contributed by atoms with van der Waals surface area (Å²) in [4.78, 5) is 43.2. The fourth-order valence-corrected chi connectivity index (χ4v) is 3.71. The summed E-state index contributed by atoms with van der Waals surface area (Å²) < 4.78 is 5.30. The molecular weight excluding hydrogens is 380 g/mol. The van der Waals surface area contributed by atoms with Gasteiger partial charge < -0.3 is 9.72 Å². The average molecular weight is 402 g/mol. The minimum Gasteiger partial charge on any atom is -0.433 e. The van der Waals surface area contributed by atoms with Crippen molar-refractivity contribution < 1.29 is 19.1 Å². The monoisotopic (exact) mass is 402 g/mol. The van der Waals surface area contributed by atoms with Crippen LogP contribution in [0.2, 0.25) is 0 Å². The fourth-order valence-electron chi connectivity index (χ4n) is 3.71. The Morgan fingerprint density at radius 1 is 1.07 bits per heavy atom. The zero-order valence-electron chi connectivity index (χ0n) is 16.6. The number of esters is 1. The van der Waals surface area contributed by atoms with Crippen molar-refractivity contribution in [2.24, 2.45) is 0 Å². The molecule has 3 aromatic rings. The van der Waals surface area contributed by atoms with Gasteiger partial charge in [-0.1, -0.05) is 43.7 Å². The third kappa shape index (κ3) is 3.52. The van der Waals surface area contributed by atoms with E-state index in [9.17, 15) is 14.4 Å². The maximum Gasteiger partial charge on any atom is 0.334 e. The molecule has 1 aliphatic rings. The summed E-state index contributed by atoms with van der Waals surface area (Å²) in [7, 11) is 0. The van der Waals surface area contributed by atoms with E-state index in [1.54, 1.807) is 36.5 Å². The third-order valence-corrected chi connectivity index (χ3v) is 5.23. The molecule has 6 heteroatoms. The highest BCUT2D eigenvalue weighted by Gasteiger charge is 2.43. The van der Waals surface area contributed by atoms with Gasteiger partial charge in [0.25, 0.3) is 11.8 Å². The lowest BCUT2D eigenvalue weighted by molar-refractivity contribution is -0.142. The van der Waals surface area contributed by atoms with Gasteiger partial charge in [0.15, 0.2) is 0 Å². The minimum atomic E-state index is -1.07. The number of carbonyl (C=O) groups excluding carboxylic acids is 3. The number of allylic oxidation sites excluding steroid dienone is 1. The average Bonchev–Trinajstić information content (AvgIpc) is 3.29. The van der Waals surface area contributed by atoms with Gasteiger partial charge in [0.05, 0.1) is 17.4 Å². The van der Waals surface area contributed by atoms with E-state index in [4.69, 9.17) is 4.74 Å². The van der Waals surface area contributed by atoms with Gasteiger partial charge in [-0.25, -0.2) is 4.79 Å². The number of nitrogens with zero attached hydrogens (tertiary/aromatic N) is 1. The van der Waals surface area contributed by atoms with E-state index in [0.29, 0.717) is 11.1 Å². The number of para-hydroxylation sites is 1. The van der Waals surface area contributed by atoms with Crippen LogP contribution >= 0.6 is 0 Å². The summed E-state index contributed by atoms with van der Waals surface area (Å²) in [5.41, 5.74) is 2.37. The third-order valence-electron chi connectivity index (χ3n) is 5.23. The zero-order valence-corrected chi connectivity index (χ0v) is 16.6. The number of H-pyrrole nitrogens is 1. The number of benzene rings is 2. The molecule has 1 N–H and O–H groups in total. The Morgan fingerprint density at radius 3 is 2.43 bits per heavy atom. The second kappa shape index (κ2) is 8.37. The van der Waals surface area contributed by atoms with Crippen LogP contribution in [-0.4, -0.2) is 33.7 Å². The van der Waals surface area contributed by atoms with Crippen LogP contribution in [0.4, 0.5) is 0 Å². The van der Waals surface area contributed by atoms with Gasteiger partial charge in [-0.3, -0.25) is 14.5 Å². The predicted molar refractivity (Wildman–Crippen MR) is 113 cm³/mol. The summed E-state index contributed by atoms with van der Waals surface area (Å²) in [6.07, 6.45) is 6.75. The van der Waals surface area contributed by atoms with E-state index in [2.05, 4.69) is 4.98 Å². The lowest BCUT2D eigenvalue weighted by Gasteiger charge is -2.24. The zero-order chi connectivity index (χ0) is 21.1. The number of ether oxygens (including phenoxy) is 1. The summed E-state index contributed by atoms with van der Waals surface area (Å²) in [5.74, 6) is -1.59. The Morgan fingerprint density at radius 2 is 1.73 bits per heavy atom. The molecule has 30 heavy (non-hydrogen) atoms. The Balaban J connectivity index is 1.68. The number of imide groups is 1. The summed E-state index contributed by atoms with van der Waals surface area (Å²) in [6, 6.07) is 13.2. The molecule has 0 spiro atoms. The van der Waals surface area contributed by atoms with E-state index < -0.39 is 23.8 Å². The van der Waals surface area contributed by atoms with Gasteiger partial charge in [-0.05, 0) is 36.3 Å². The number of hydrogen-bond donors (Lipinski definition) is 1. The Hall–Kier alpha value is -3.67. The highest BCUT2D eigenvalue weighted by atomic mass is 16.5. The van der Waals surface area contributed by atoms with Crippen LogP contribution in [0.15, 0.2) is 67.1 Å². The van der Waals surface area contributed by atoms with E-state index in [-0.39, 0.29) is 6.42 Å². The highest BCUT2D eigenvalue weighted by molar-refractivity contribution is 6.22. The van der Waals surface area contributed by atoms with E-state index in [0.717, 1.165) is 34.2 Å². The minimum absolute atomic E-state index is 0.163. The number of nitrogens with one attached hydrogen (secondary N) is 1. The molecule has 1 unspecified atom stereocenters. The predicted octanol–water partition coefficient (Wildman–Crippen LogP) is 4.23. The van der Waals surface area contributed by atoms with Crippen LogP contribution in [-0.2, 0) is 16.0 Å². The highest BCUT2D eigenvalue weighted by Crippen LogP contribution is 2.28. The molecule has 0 saturated heterocycles. The molecule has 2 heterocycles. The van der Waals surface area contributed by atoms with E-state index in [1.807, 2.05) is 31.2 Å². The van der Waals surface area contributed by atoms with Gasteiger partial charge in [0.2, 0.25) is 0 Å². The number of aromatic nitrogens is 1. The van der Waals surface area contributed by atoms with Gasteiger partial charge in [0.1, 0.15) is 6.04 Å². The second-order valence-electron chi connectivity index (χ2n) is 7.20. The van der Waals surface area contributed by atoms with Gasteiger partial charge in [-0.2, -0.15) is 0 Å². The van der Waals surface area contributed by atoms with Crippen molar-refractivity contribution in [1.29, 1.82) is 0 Å². The standard InChI is InChI=1S/C24H22N2O4/c1-2-3-8-13-30-24(29)21(14-16-15-25-20-12-7-6-9-17(16)20)26-22(27)18-10-4-5-11-19(18)23(26)28/h4-13,15,21,25H,2-3,14H2,1H3/b13-8+. The van der Waals surface area contributed by atoms with Crippen molar-refractivity contribution >= 4 is 28.7 Å². The topological polar surface area (TPSA) is 79.5 Å². The largest absolute Gasteiger partial charge is 0.433 e. The SMILES string of the molecule is CCC/C=C/OC(=O)C(Cc1c[nH]c2ccccc12)N1C(=O)c2ccccc2C1=O. The van der Waals surface area contributed by atoms with Gasteiger partial charge in [-0.15, -0.1) is 0 Å². The summed E-state index contributed by atoms with van der Waals surface area (Å²) in [5, 5.41) is 0.938. The first-order valence-corrected chi connectivity index (χ1v) is 9.99. The van der Waals surface area contributed by atoms with Crippen LogP contribution in [0, 0.1) is 0 Å². The molecule has 1 atom stereocenters. The van der Waals surface area contributed by atoms with Crippen LogP contribution in [0.25, 0.3) is 10.9 Å². The molecule has 1 aromatic heterocycles. The van der Waals surface area contributed by atoms with Crippen molar-refractivity contribution in [3.8, 4) is 0 Å². The first kappa shape index (κ1) is 19.6. The lowest BCUT2D eigenvalue weighted by Crippen LogP contribution is -2.46. The first-order valence-electron chi connectivity index (χ1n) is 9.99. The number of fused-ring (bicyclic) bond motifs is 2. The summed E-state index contributed by atoms with van der Waals surface area (Å²) in [6.45, 7) is 2.02. The molecule has 2 aromatic carbocycles. The van der Waals surface area contributed by atoms with E-state index >= 15 is 0 Å². The number of amides is 2. The van der Waals surface area contributed by atoms with Crippen molar-refractivity contribution in [3.05, 3.63) is 83.8 Å². The van der Waals surface area contributed by atoms with Crippen molar-refractivity contribution in [2.45, 2.75) is 32.2 Å². The van der Waals surface area contributed by atoms with Crippen LogP contribution < -0.4 is 0 Å². The molecule has 152 valence electrons. The number of aromatic amines is 1. The normalized spacial score (nSPS) is 14.5. The molecule has 0 aliphatic carbocycles. The first-order chi connectivity index (χ1) is 14.6. The number of rotatable bonds is 7. The maximum absolute atomic E-state index is 13.0. The Labute approximate surface area is 174 Å². The lowest BCUT2D eigenvalue weighted by atomic mass is 10.0. The van der Waals surface area contributed by atoms with Crippen LogP contribution in [0.5, 0.6) is 0 Å². The number of unbranched alkanes of at least 4 members (excludes halogenated alkanes) is 1. The van der Waals surface area contributed by atoms with Crippen molar-refractivity contribution in [1.82, 2.24) is 9.88 Å². The molecule has 4 rings (SSSR count). The maximum atomic E-state index is 13.0. The Kier molecular flexibility index (Phi) is 5.48. The molecule has 0 bridgehead atoms.